The van der Waals surface area contributed by atoms with Crippen molar-refractivity contribution in [2.45, 2.75) is 59.3 Å². The van der Waals surface area contributed by atoms with Crippen LogP contribution in [0.4, 0.5) is 0 Å². The SMILES string of the molecule is Cc1cc(COC2CCN(S(=O)(=O)C[C@H](C)C(=O)N(O)C(C)C)CC2)c2ccccc2n1. The Hall–Kier alpha value is -2.07. The van der Waals surface area contributed by atoms with E-state index in [2.05, 4.69) is 4.98 Å². The van der Waals surface area contributed by atoms with Crippen LogP contribution in [-0.4, -0.2) is 64.9 Å². The number of pyridine rings is 1. The lowest BCUT2D eigenvalue weighted by atomic mass is 10.1. The molecule has 0 radical (unpaired) electrons. The monoisotopic (exact) mass is 463 g/mol. The maximum atomic E-state index is 12.8. The van der Waals surface area contributed by atoms with Gasteiger partial charge in [-0.25, -0.2) is 17.8 Å². The molecule has 1 amide bonds. The van der Waals surface area contributed by atoms with Crippen molar-refractivity contribution < 1.29 is 23.2 Å². The maximum Gasteiger partial charge on any atom is 0.250 e. The second kappa shape index (κ2) is 10.2. The van der Waals surface area contributed by atoms with Gasteiger partial charge in [0.25, 0.3) is 0 Å². The van der Waals surface area contributed by atoms with Crippen molar-refractivity contribution in [3.63, 3.8) is 0 Å². The van der Waals surface area contributed by atoms with Gasteiger partial charge in [-0.2, -0.15) is 0 Å². The third-order valence-corrected chi connectivity index (χ3v) is 7.87. The Morgan fingerprint density at radius 2 is 1.91 bits per heavy atom. The number of piperidine rings is 1. The first kappa shape index (κ1) is 24.6. The molecule has 1 fully saturated rings. The van der Waals surface area contributed by atoms with E-state index in [0.717, 1.165) is 22.2 Å². The quantitative estimate of drug-likeness (QED) is 0.477. The number of carbonyl (C=O) groups is 1. The van der Waals surface area contributed by atoms with Gasteiger partial charge in [0.05, 0.1) is 35.9 Å². The van der Waals surface area contributed by atoms with Crippen molar-refractivity contribution in [3.05, 3.63) is 41.6 Å². The highest BCUT2D eigenvalue weighted by Gasteiger charge is 2.33. The van der Waals surface area contributed by atoms with Crippen LogP contribution < -0.4 is 0 Å². The van der Waals surface area contributed by atoms with Gasteiger partial charge in [-0.3, -0.25) is 15.0 Å². The van der Waals surface area contributed by atoms with Gasteiger partial charge in [-0.1, -0.05) is 25.1 Å². The average Bonchev–Trinajstić information content (AvgIpc) is 2.76. The minimum atomic E-state index is -3.60. The Morgan fingerprint density at radius 1 is 1.25 bits per heavy atom. The zero-order valence-electron chi connectivity index (χ0n) is 19.2. The topological polar surface area (TPSA) is 100 Å². The lowest BCUT2D eigenvalue weighted by Gasteiger charge is -2.32. The van der Waals surface area contributed by atoms with Crippen LogP contribution in [0.3, 0.4) is 0 Å². The molecule has 1 N–H and O–H groups in total. The molecule has 0 aliphatic carbocycles. The number of aryl methyl sites for hydroxylation is 1. The van der Waals surface area contributed by atoms with Crippen LogP contribution in [-0.2, 0) is 26.2 Å². The first-order valence-electron chi connectivity index (χ1n) is 11.0. The fourth-order valence-corrected chi connectivity index (χ4v) is 5.72. The van der Waals surface area contributed by atoms with Gasteiger partial charge >= 0.3 is 0 Å². The van der Waals surface area contributed by atoms with Crippen LogP contribution in [0.15, 0.2) is 30.3 Å². The van der Waals surface area contributed by atoms with Gasteiger partial charge in [-0.05, 0) is 51.3 Å². The van der Waals surface area contributed by atoms with Crippen molar-refractivity contribution in [1.29, 1.82) is 0 Å². The largest absolute Gasteiger partial charge is 0.373 e. The second-order valence-electron chi connectivity index (χ2n) is 8.81. The van der Waals surface area contributed by atoms with E-state index in [1.807, 2.05) is 37.3 Å². The fraction of sp³-hybridized carbons (Fsp3) is 0.565. The predicted molar refractivity (Wildman–Crippen MR) is 123 cm³/mol. The number of rotatable bonds is 8. The lowest BCUT2D eigenvalue weighted by molar-refractivity contribution is -0.176. The Kier molecular flexibility index (Phi) is 7.87. The van der Waals surface area contributed by atoms with Crippen LogP contribution in [0.1, 0.15) is 44.9 Å². The van der Waals surface area contributed by atoms with E-state index in [9.17, 15) is 18.4 Å². The highest BCUT2D eigenvalue weighted by atomic mass is 32.2. The van der Waals surface area contributed by atoms with Gasteiger partial charge in [0, 0.05) is 24.2 Å². The highest BCUT2D eigenvalue weighted by Crippen LogP contribution is 2.23. The Bertz CT molecular complexity index is 1050. The number of benzene rings is 1. The van der Waals surface area contributed by atoms with Crippen LogP contribution in [0.25, 0.3) is 10.9 Å². The standard InChI is InChI=1S/C23H33N3O5S/c1-16(2)26(28)23(27)17(3)15-32(29,30)25-11-9-20(10-12-25)31-14-19-13-18(4)24-22-8-6-5-7-21(19)22/h5-8,13,16-17,20,28H,9-12,14-15H2,1-4H3/t17-/m0/s1. The molecule has 2 heterocycles. The molecule has 176 valence electrons. The van der Waals surface area contributed by atoms with Crippen molar-refractivity contribution in [3.8, 4) is 0 Å². The molecule has 1 saturated heterocycles. The molecular weight excluding hydrogens is 430 g/mol. The number of carbonyl (C=O) groups excluding carboxylic acids is 1. The summed E-state index contributed by atoms with van der Waals surface area (Å²) in [6.45, 7) is 7.99. The Balaban J connectivity index is 1.54. The van der Waals surface area contributed by atoms with Crippen molar-refractivity contribution in [2.75, 3.05) is 18.8 Å². The summed E-state index contributed by atoms with van der Waals surface area (Å²) in [6.07, 6.45) is 1.17. The van der Waals surface area contributed by atoms with Gasteiger partial charge in [0.2, 0.25) is 15.9 Å². The molecule has 0 unspecified atom stereocenters. The number of sulfonamides is 1. The van der Waals surface area contributed by atoms with Gasteiger partial charge in [0.1, 0.15) is 0 Å². The number of hydrogen-bond donors (Lipinski definition) is 1. The average molecular weight is 464 g/mol. The van der Waals surface area contributed by atoms with E-state index in [0.29, 0.717) is 37.6 Å². The summed E-state index contributed by atoms with van der Waals surface area (Å²) in [5.41, 5.74) is 2.95. The summed E-state index contributed by atoms with van der Waals surface area (Å²) in [7, 11) is -3.60. The summed E-state index contributed by atoms with van der Waals surface area (Å²) < 4.78 is 33.1. The third-order valence-electron chi connectivity index (χ3n) is 5.80. The molecule has 1 aliphatic rings. The Labute approximate surface area is 190 Å². The summed E-state index contributed by atoms with van der Waals surface area (Å²) in [5.74, 6) is -1.71. The van der Waals surface area contributed by atoms with E-state index in [1.54, 1.807) is 13.8 Å². The highest BCUT2D eigenvalue weighted by molar-refractivity contribution is 7.89. The van der Waals surface area contributed by atoms with Crippen LogP contribution in [0.2, 0.25) is 0 Å². The summed E-state index contributed by atoms with van der Waals surface area (Å²) in [6, 6.07) is 9.59. The van der Waals surface area contributed by atoms with Crippen LogP contribution >= 0.6 is 0 Å². The molecule has 0 bridgehead atoms. The van der Waals surface area contributed by atoms with Gasteiger partial charge in [-0.15, -0.1) is 0 Å². The molecule has 1 atom stereocenters. The smallest absolute Gasteiger partial charge is 0.250 e. The number of fused-ring (bicyclic) bond motifs is 1. The number of hydrogen-bond acceptors (Lipinski definition) is 6. The summed E-state index contributed by atoms with van der Waals surface area (Å²) >= 11 is 0. The van der Waals surface area contributed by atoms with Crippen LogP contribution in [0.5, 0.6) is 0 Å². The molecular formula is C23H33N3O5S. The summed E-state index contributed by atoms with van der Waals surface area (Å²) in [5, 5.41) is 11.5. The van der Waals surface area contributed by atoms with Crippen molar-refractivity contribution in [1.82, 2.24) is 14.4 Å². The fourth-order valence-electron chi connectivity index (χ4n) is 3.97. The zero-order valence-corrected chi connectivity index (χ0v) is 20.0. The maximum absolute atomic E-state index is 12.8. The molecule has 1 aromatic heterocycles. The molecule has 32 heavy (non-hydrogen) atoms. The molecule has 9 heteroatoms. The molecule has 0 spiro atoms. The van der Waals surface area contributed by atoms with Gasteiger partial charge in [0.15, 0.2) is 0 Å². The number of amides is 1. The summed E-state index contributed by atoms with van der Waals surface area (Å²) in [4.78, 5) is 16.8. The van der Waals surface area contributed by atoms with Crippen molar-refractivity contribution in [2.24, 2.45) is 5.92 Å². The van der Waals surface area contributed by atoms with E-state index < -0.39 is 27.9 Å². The third kappa shape index (κ3) is 5.83. The first-order chi connectivity index (χ1) is 15.1. The van der Waals surface area contributed by atoms with Crippen LogP contribution in [0, 0.1) is 12.8 Å². The lowest BCUT2D eigenvalue weighted by Crippen LogP contribution is -2.45. The Morgan fingerprint density at radius 3 is 2.56 bits per heavy atom. The number of nitrogens with zero attached hydrogens (tertiary/aromatic N) is 3. The molecule has 1 aliphatic heterocycles. The van der Waals surface area contributed by atoms with E-state index >= 15 is 0 Å². The predicted octanol–water partition coefficient (Wildman–Crippen LogP) is 3.12. The van der Waals surface area contributed by atoms with Crippen molar-refractivity contribution >= 4 is 26.8 Å². The normalized spacial score (nSPS) is 17.1. The van der Waals surface area contributed by atoms with E-state index in [4.69, 9.17) is 4.74 Å². The second-order valence-corrected chi connectivity index (χ2v) is 10.8. The number of aromatic nitrogens is 1. The van der Waals surface area contributed by atoms with E-state index in [-0.39, 0.29) is 11.9 Å². The minimum Gasteiger partial charge on any atom is -0.373 e. The zero-order chi connectivity index (χ0) is 23.5. The number of ether oxygens (including phenoxy) is 1. The molecule has 8 nitrogen and oxygen atoms in total. The first-order valence-corrected chi connectivity index (χ1v) is 12.7. The number of hydroxylamine groups is 2. The van der Waals surface area contributed by atoms with E-state index in [1.165, 1.54) is 11.2 Å². The minimum absolute atomic E-state index is 0.0263. The molecule has 0 saturated carbocycles. The van der Waals surface area contributed by atoms with Gasteiger partial charge < -0.3 is 4.74 Å². The molecule has 2 aromatic rings. The number of para-hydroxylation sites is 1. The molecule has 1 aromatic carbocycles. The molecule has 3 rings (SSSR count).